The van der Waals surface area contributed by atoms with E-state index in [-0.39, 0.29) is 0 Å². The predicted octanol–water partition coefficient (Wildman–Crippen LogP) is 2.88. The van der Waals surface area contributed by atoms with Gasteiger partial charge in [0.1, 0.15) is 0 Å². The fraction of sp³-hybridized carbons (Fsp3) is 1.00. The molecule has 2 nitrogen and oxygen atoms in total. The molecule has 0 spiro atoms. The van der Waals surface area contributed by atoms with Gasteiger partial charge in [0.15, 0.2) is 0 Å². The van der Waals surface area contributed by atoms with Crippen molar-refractivity contribution in [1.82, 2.24) is 4.90 Å². The van der Waals surface area contributed by atoms with Crippen LogP contribution in [0.3, 0.4) is 0 Å². The summed E-state index contributed by atoms with van der Waals surface area (Å²) >= 11 is 0. The Morgan fingerprint density at radius 1 is 0.941 bits per heavy atom. The molecule has 0 amide bonds. The first-order chi connectivity index (χ1) is 8.02. The number of hydrogen-bond donors (Lipinski definition) is 0. The molecule has 0 aromatic carbocycles. The van der Waals surface area contributed by atoms with E-state index in [1.54, 1.807) is 0 Å². The summed E-state index contributed by atoms with van der Waals surface area (Å²) in [5.74, 6) is 0. The highest BCUT2D eigenvalue weighted by atomic mass is 15.3. The molecule has 2 rings (SSSR count). The molecule has 2 aliphatic rings. The van der Waals surface area contributed by atoms with Gasteiger partial charge in [-0.25, -0.2) is 0 Å². The summed E-state index contributed by atoms with van der Waals surface area (Å²) in [5.41, 5.74) is 0.617. The van der Waals surface area contributed by atoms with Crippen LogP contribution in [0.15, 0.2) is 0 Å². The first-order valence-electron chi connectivity index (χ1n) is 7.57. The summed E-state index contributed by atoms with van der Waals surface area (Å²) in [7, 11) is 6.95. The van der Waals surface area contributed by atoms with E-state index in [4.69, 9.17) is 0 Å². The lowest BCUT2D eigenvalue weighted by Crippen LogP contribution is -2.46. The second-order valence-electron chi connectivity index (χ2n) is 7.24. The van der Waals surface area contributed by atoms with Gasteiger partial charge in [0, 0.05) is 5.54 Å². The van der Waals surface area contributed by atoms with Crippen LogP contribution in [-0.4, -0.2) is 55.7 Å². The lowest BCUT2D eigenvalue weighted by atomic mass is 9.89. The first kappa shape index (κ1) is 13.4. The maximum absolute atomic E-state index is 2.84. The molecular weight excluding hydrogens is 208 g/mol. The second-order valence-corrected chi connectivity index (χ2v) is 7.24. The topological polar surface area (TPSA) is 3.24 Å². The molecule has 0 unspecified atom stereocenters. The molecule has 1 heterocycles. The van der Waals surface area contributed by atoms with Crippen molar-refractivity contribution in [3.63, 3.8) is 0 Å². The monoisotopic (exact) mass is 239 g/mol. The van der Waals surface area contributed by atoms with Crippen molar-refractivity contribution in [2.45, 2.75) is 56.9 Å². The van der Waals surface area contributed by atoms with Crippen molar-refractivity contribution in [2.75, 3.05) is 40.8 Å². The zero-order valence-corrected chi connectivity index (χ0v) is 12.2. The summed E-state index contributed by atoms with van der Waals surface area (Å²) in [6, 6.07) is 0. The van der Waals surface area contributed by atoms with Crippen LogP contribution in [0.25, 0.3) is 0 Å². The van der Waals surface area contributed by atoms with E-state index < -0.39 is 0 Å². The lowest BCUT2D eigenvalue weighted by molar-refractivity contribution is -0.870. The minimum absolute atomic E-state index is 0.617. The largest absolute Gasteiger partial charge is 0.331 e. The van der Waals surface area contributed by atoms with Gasteiger partial charge in [0.25, 0.3) is 0 Å². The summed E-state index contributed by atoms with van der Waals surface area (Å²) < 4.78 is 1.12. The molecule has 0 aromatic heterocycles. The normalized spacial score (nSPS) is 25.6. The number of likely N-dealkylation sites (tertiary alicyclic amines) is 1. The number of hydrogen-bond acceptors (Lipinski definition) is 1. The Bertz CT molecular complexity index is 230. The molecule has 2 fully saturated rings. The average Bonchev–Trinajstić information content (AvgIpc) is 2.85. The Kier molecular flexibility index (Phi) is 4.14. The van der Waals surface area contributed by atoms with Crippen LogP contribution in [0, 0.1) is 0 Å². The van der Waals surface area contributed by atoms with E-state index in [1.807, 2.05) is 0 Å². The number of nitrogens with zero attached hydrogens (tertiary/aromatic N) is 2. The van der Waals surface area contributed by atoms with Crippen molar-refractivity contribution in [1.29, 1.82) is 0 Å². The highest BCUT2D eigenvalue weighted by Crippen LogP contribution is 2.40. The Morgan fingerprint density at radius 3 is 2.06 bits per heavy atom. The zero-order chi connectivity index (χ0) is 12.4. The van der Waals surface area contributed by atoms with Gasteiger partial charge in [-0.05, 0) is 51.6 Å². The van der Waals surface area contributed by atoms with Crippen LogP contribution in [0.4, 0.5) is 0 Å². The van der Waals surface area contributed by atoms with E-state index in [0.29, 0.717) is 5.54 Å². The molecule has 100 valence electrons. The summed E-state index contributed by atoms with van der Waals surface area (Å²) in [6.07, 6.45) is 11.6. The molecule has 17 heavy (non-hydrogen) atoms. The van der Waals surface area contributed by atoms with Crippen molar-refractivity contribution >= 4 is 0 Å². The molecular formula is C15H31N2+. The summed E-state index contributed by atoms with van der Waals surface area (Å²) in [4.78, 5) is 2.84. The van der Waals surface area contributed by atoms with Crippen LogP contribution in [0.1, 0.15) is 51.4 Å². The highest BCUT2D eigenvalue weighted by Gasteiger charge is 2.40. The van der Waals surface area contributed by atoms with E-state index in [9.17, 15) is 0 Å². The van der Waals surface area contributed by atoms with Crippen LogP contribution in [0.5, 0.6) is 0 Å². The maximum Gasteiger partial charge on any atom is 0.0781 e. The summed E-state index contributed by atoms with van der Waals surface area (Å²) in [5, 5.41) is 0. The predicted molar refractivity (Wildman–Crippen MR) is 74.1 cm³/mol. The number of rotatable bonds is 5. The van der Waals surface area contributed by atoms with Crippen molar-refractivity contribution in [2.24, 2.45) is 0 Å². The fourth-order valence-electron chi connectivity index (χ4n) is 3.83. The van der Waals surface area contributed by atoms with Gasteiger partial charge in [0.05, 0.1) is 27.7 Å². The quantitative estimate of drug-likeness (QED) is 0.667. The minimum Gasteiger partial charge on any atom is -0.331 e. The molecule has 0 bridgehead atoms. The van der Waals surface area contributed by atoms with Gasteiger partial charge >= 0.3 is 0 Å². The van der Waals surface area contributed by atoms with Crippen LogP contribution >= 0.6 is 0 Å². The molecule has 2 heteroatoms. The van der Waals surface area contributed by atoms with E-state index in [2.05, 4.69) is 26.0 Å². The molecule has 0 aromatic rings. The van der Waals surface area contributed by atoms with Gasteiger partial charge < -0.3 is 4.48 Å². The number of quaternary nitrogens is 1. The van der Waals surface area contributed by atoms with E-state index >= 15 is 0 Å². The maximum atomic E-state index is 2.84. The standard InChI is InChI=1S/C15H31N2/c1-17(2,3)14-8-11-15(9-4-5-10-15)16-12-6-7-13-16/h4-14H2,1-3H3/q+1. The minimum atomic E-state index is 0.617. The average molecular weight is 239 g/mol. The Morgan fingerprint density at radius 2 is 1.53 bits per heavy atom. The molecule has 0 atom stereocenters. The third-order valence-corrected chi connectivity index (χ3v) is 4.78. The first-order valence-corrected chi connectivity index (χ1v) is 7.57. The van der Waals surface area contributed by atoms with Crippen LogP contribution in [-0.2, 0) is 0 Å². The summed E-state index contributed by atoms with van der Waals surface area (Å²) in [6.45, 7) is 4.09. The van der Waals surface area contributed by atoms with Crippen LogP contribution < -0.4 is 0 Å². The fourth-order valence-corrected chi connectivity index (χ4v) is 3.83. The molecule has 1 aliphatic heterocycles. The molecule has 1 saturated heterocycles. The third-order valence-electron chi connectivity index (χ3n) is 4.78. The molecule has 0 radical (unpaired) electrons. The second kappa shape index (κ2) is 5.27. The van der Waals surface area contributed by atoms with E-state index in [1.165, 1.54) is 71.0 Å². The van der Waals surface area contributed by atoms with Crippen LogP contribution in [0.2, 0.25) is 0 Å². The smallest absolute Gasteiger partial charge is 0.0781 e. The molecule has 0 N–H and O–H groups in total. The third kappa shape index (κ3) is 3.45. The Balaban J connectivity index is 1.88. The molecule has 1 saturated carbocycles. The van der Waals surface area contributed by atoms with Gasteiger partial charge in [-0.3, -0.25) is 4.90 Å². The molecule has 1 aliphatic carbocycles. The van der Waals surface area contributed by atoms with Gasteiger partial charge in [-0.2, -0.15) is 0 Å². The highest BCUT2D eigenvalue weighted by molar-refractivity contribution is 4.96. The lowest BCUT2D eigenvalue weighted by Gasteiger charge is -2.39. The van der Waals surface area contributed by atoms with Gasteiger partial charge in [0.2, 0.25) is 0 Å². The van der Waals surface area contributed by atoms with E-state index in [0.717, 1.165) is 4.48 Å². The van der Waals surface area contributed by atoms with Crippen molar-refractivity contribution in [3.05, 3.63) is 0 Å². The van der Waals surface area contributed by atoms with Gasteiger partial charge in [-0.15, -0.1) is 0 Å². The van der Waals surface area contributed by atoms with Crippen molar-refractivity contribution in [3.8, 4) is 0 Å². The Labute approximate surface area is 108 Å². The Hall–Kier alpha value is -0.0800. The van der Waals surface area contributed by atoms with Crippen molar-refractivity contribution < 1.29 is 4.48 Å². The van der Waals surface area contributed by atoms with Gasteiger partial charge in [-0.1, -0.05) is 12.8 Å². The SMILES string of the molecule is C[N+](C)(C)CCCC1(N2CCCC2)CCCC1. The zero-order valence-electron chi connectivity index (χ0n) is 12.2.